The molecular formula is C21H25ClN2O. The van der Waals surface area contributed by atoms with E-state index in [0.717, 1.165) is 5.56 Å². The molecule has 3 nitrogen and oxygen atoms in total. The van der Waals surface area contributed by atoms with Crippen molar-refractivity contribution in [2.24, 2.45) is 11.7 Å². The Bertz CT molecular complexity index is 745. The van der Waals surface area contributed by atoms with Crippen LogP contribution >= 0.6 is 11.6 Å². The van der Waals surface area contributed by atoms with E-state index in [1.54, 1.807) is 0 Å². The number of hydrogen-bond donors (Lipinski definition) is 1. The quantitative estimate of drug-likeness (QED) is 0.905. The number of rotatable bonds is 4. The van der Waals surface area contributed by atoms with Gasteiger partial charge in [0.1, 0.15) is 0 Å². The first-order chi connectivity index (χ1) is 11.9. The lowest BCUT2D eigenvalue weighted by molar-refractivity contribution is -0.135. The molecule has 0 bridgehead atoms. The van der Waals surface area contributed by atoms with Crippen molar-refractivity contribution in [2.45, 2.75) is 25.2 Å². The third-order valence-electron chi connectivity index (χ3n) is 5.34. The van der Waals surface area contributed by atoms with Gasteiger partial charge in [0, 0.05) is 24.0 Å². The van der Waals surface area contributed by atoms with Crippen molar-refractivity contribution < 1.29 is 4.79 Å². The monoisotopic (exact) mass is 356 g/mol. The molecule has 1 heterocycles. The molecule has 0 radical (unpaired) electrons. The van der Waals surface area contributed by atoms with Gasteiger partial charge in [-0.2, -0.15) is 0 Å². The molecule has 2 aromatic carbocycles. The SMILES string of the molecule is CC(C)(C(=O)N1C[C@@H](CN)[C@H](c2ccccc2)C1)c1cccc(Cl)c1. The van der Waals surface area contributed by atoms with Crippen LogP contribution in [0, 0.1) is 5.92 Å². The van der Waals surface area contributed by atoms with Crippen LogP contribution in [0.15, 0.2) is 54.6 Å². The van der Waals surface area contributed by atoms with Gasteiger partial charge in [0.05, 0.1) is 5.41 Å². The highest BCUT2D eigenvalue weighted by atomic mass is 35.5. The van der Waals surface area contributed by atoms with Crippen LogP contribution in [0.4, 0.5) is 0 Å². The van der Waals surface area contributed by atoms with E-state index in [1.165, 1.54) is 5.56 Å². The van der Waals surface area contributed by atoms with E-state index in [0.29, 0.717) is 36.5 Å². The zero-order chi connectivity index (χ0) is 18.0. The molecule has 0 spiro atoms. The third-order valence-corrected chi connectivity index (χ3v) is 5.57. The Morgan fingerprint density at radius 1 is 1.16 bits per heavy atom. The lowest BCUT2D eigenvalue weighted by Crippen LogP contribution is -2.42. The number of hydrogen-bond acceptors (Lipinski definition) is 2. The Morgan fingerprint density at radius 2 is 1.88 bits per heavy atom. The Morgan fingerprint density at radius 3 is 2.52 bits per heavy atom. The number of halogens is 1. The molecule has 1 saturated heterocycles. The van der Waals surface area contributed by atoms with Crippen molar-refractivity contribution in [1.29, 1.82) is 0 Å². The molecule has 1 aliphatic heterocycles. The number of carbonyl (C=O) groups is 1. The predicted molar refractivity (Wildman–Crippen MR) is 103 cm³/mol. The summed E-state index contributed by atoms with van der Waals surface area (Å²) in [6.07, 6.45) is 0. The number of benzene rings is 2. The highest BCUT2D eigenvalue weighted by molar-refractivity contribution is 6.30. The normalized spacial score (nSPS) is 20.7. The smallest absolute Gasteiger partial charge is 0.232 e. The van der Waals surface area contributed by atoms with Crippen molar-refractivity contribution in [1.82, 2.24) is 4.90 Å². The van der Waals surface area contributed by atoms with Crippen molar-refractivity contribution in [2.75, 3.05) is 19.6 Å². The minimum atomic E-state index is -0.615. The fourth-order valence-electron chi connectivity index (χ4n) is 3.75. The van der Waals surface area contributed by atoms with Crippen molar-refractivity contribution in [3.63, 3.8) is 0 Å². The summed E-state index contributed by atoms with van der Waals surface area (Å²) in [6.45, 7) is 5.94. The molecule has 0 unspecified atom stereocenters. The number of nitrogens with two attached hydrogens (primary N) is 1. The molecule has 3 rings (SSSR count). The van der Waals surface area contributed by atoms with E-state index >= 15 is 0 Å². The number of nitrogens with zero attached hydrogens (tertiary/aromatic N) is 1. The highest BCUT2D eigenvalue weighted by Crippen LogP contribution is 2.36. The molecule has 1 aliphatic rings. The number of carbonyl (C=O) groups excluding carboxylic acids is 1. The summed E-state index contributed by atoms with van der Waals surface area (Å²) in [7, 11) is 0. The predicted octanol–water partition coefficient (Wildman–Crippen LogP) is 3.82. The minimum Gasteiger partial charge on any atom is -0.341 e. The van der Waals surface area contributed by atoms with Gasteiger partial charge >= 0.3 is 0 Å². The molecule has 2 aromatic rings. The lowest BCUT2D eigenvalue weighted by atomic mass is 9.83. The maximum atomic E-state index is 13.3. The summed E-state index contributed by atoms with van der Waals surface area (Å²) in [5.74, 6) is 0.721. The third kappa shape index (κ3) is 3.58. The molecule has 2 N–H and O–H groups in total. The first-order valence-electron chi connectivity index (χ1n) is 8.74. The van der Waals surface area contributed by atoms with Gasteiger partial charge in [-0.15, -0.1) is 0 Å². The van der Waals surface area contributed by atoms with Crippen molar-refractivity contribution >= 4 is 17.5 Å². The van der Waals surface area contributed by atoms with Crippen LogP contribution in [-0.4, -0.2) is 30.4 Å². The van der Waals surface area contributed by atoms with E-state index in [9.17, 15) is 4.79 Å². The summed E-state index contributed by atoms with van der Waals surface area (Å²) in [5.41, 5.74) is 7.59. The lowest BCUT2D eigenvalue weighted by Gasteiger charge is -2.30. The summed E-state index contributed by atoms with van der Waals surface area (Å²) in [4.78, 5) is 15.2. The van der Waals surface area contributed by atoms with Gasteiger partial charge in [-0.1, -0.05) is 54.1 Å². The van der Waals surface area contributed by atoms with Crippen LogP contribution in [0.2, 0.25) is 5.02 Å². The van der Waals surface area contributed by atoms with Gasteiger partial charge in [-0.3, -0.25) is 4.79 Å². The Kier molecular flexibility index (Phi) is 5.16. The van der Waals surface area contributed by atoms with Crippen LogP contribution in [0.5, 0.6) is 0 Å². The Labute approximate surface area is 154 Å². The number of amides is 1. The molecule has 25 heavy (non-hydrogen) atoms. The average Bonchev–Trinajstić information content (AvgIpc) is 3.06. The molecule has 2 atom stereocenters. The highest BCUT2D eigenvalue weighted by Gasteiger charge is 2.41. The van der Waals surface area contributed by atoms with Crippen LogP contribution < -0.4 is 5.73 Å². The van der Waals surface area contributed by atoms with E-state index in [-0.39, 0.29) is 5.91 Å². The van der Waals surface area contributed by atoms with Crippen LogP contribution in [0.1, 0.15) is 30.9 Å². The molecule has 0 aromatic heterocycles. The maximum absolute atomic E-state index is 13.3. The minimum absolute atomic E-state index is 0.131. The van der Waals surface area contributed by atoms with Gasteiger partial charge in [0.15, 0.2) is 0 Å². The summed E-state index contributed by atoms with van der Waals surface area (Å²) in [5, 5.41) is 0.654. The molecule has 0 aliphatic carbocycles. The topological polar surface area (TPSA) is 46.3 Å². The first kappa shape index (κ1) is 18.0. The van der Waals surface area contributed by atoms with E-state index in [1.807, 2.05) is 61.2 Å². The maximum Gasteiger partial charge on any atom is 0.232 e. The van der Waals surface area contributed by atoms with Gasteiger partial charge in [-0.05, 0) is 49.6 Å². The summed E-state index contributed by atoms with van der Waals surface area (Å²) in [6, 6.07) is 17.9. The van der Waals surface area contributed by atoms with Crippen molar-refractivity contribution in [3.8, 4) is 0 Å². The summed E-state index contributed by atoms with van der Waals surface area (Å²) < 4.78 is 0. The fourth-order valence-corrected chi connectivity index (χ4v) is 3.94. The molecular weight excluding hydrogens is 332 g/mol. The summed E-state index contributed by atoms with van der Waals surface area (Å²) >= 11 is 6.12. The second kappa shape index (κ2) is 7.19. The first-order valence-corrected chi connectivity index (χ1v) is 9.11. The second-order valence-electron chi connectivity index (χ2n) is 7.36. The average molecular weight is 357 g/mol. The second-order valence-corrected chi connectivity index (χ2v) is 7.79. The fraction of sp³-hybridized carbons (Fsp3) is 0.381. The Hall–Kier alpha value is -1.84. The molecule has 0 saturated carbocycles. The number of likely N-dealkylation sites (tertiary alicyclic amines) is 1. The van der Waals surface area contributed by atoms with E-state index in [4.69, 9.17) is 17.3 Å². The zero-order valence-corrected chi connectivity index (χ0v) is 15.5. The van der Waals surface area contributed by atoms with Crippen LogP contribution in [0.3, 0.4) is 0 Å². The molecule has 132 valence electrons. The zero-order valence-electron chi connectivity index (χ0n) is 14.8. The van der Waals surface area contributed by atoms with Gasteiger partial charge in [-0.25, -0.2) is 0 Å². The Balaban J connectivity index is 1.83. The molecule has 1 amide bonds. The van der Waals surface area contributed by atoms with Crippen LogP contribution in [-0.2, 0) is 10.2 Å². The largest absolute Gasteiger partial charge is 0.341 e. The van der Waals surface area contributed by atoms with Crippen LogP contribution in [0.25, 0.3) is 0 Å². The van der Waals surface area contributed by atoms with Gasteiger partial charge in [0.2, 0.25) is 5.91 Å². The molecule has 4 heteroatoms. The van der Waals surface area contributed by atoms with Gasteiger partial charge < -0.3 is 10.6 Å². The van der Waals surface area contributed by atoms with Gasteiger partial charge in [0.25, 0.3) is 0 Å². The van der Waals surface area contributed by atoms with Crippen molar-refractivity contribution in [3.05, 3.63) is 70.7 Å². The standard InChI is InChI=1S/C21H25ClN2O/c1-21(2,17-9-6-10-18(22)11-17)20(25)24-13-16(12-23)19(14-24)15-7-4-3-5-8-15/h3-11,16,19H,12-14,23H2,1-2H3/t16-,19+/m1/s1. The van der Waals surface area contributed by atoms with E-state index in [2.05, 4.69) is 12.1 Å². The molecule has 1 fully saturated rings. The van der Waals surface area contributed by atoms with E-state index < -0.39 is 5.41 Å².